The van der Waals surface area contributed by atoms with Crippen molar-refractivity contribution in [1.29, 1.82) is 0 Å². The Morgan fingerprint density at radius 3 is 1.71 bits per heavy atom. The SMILES string of the molecule is CC(CN)CO[P+](=O)OCC(C)CN. The van der Waals surface area contributed by atoms with E-state index >= 15 is 0 Å². The Bertz CT molecular complexity index is 153. The van der Waals surface area contributed by atoms with E-state index in [-0.39, 0.29) is 11.8 Å². The Morgan fingerprint density at radius 2 is 1.43 bits per heavy atom. The Morgan fingerprint density at radius 1 is 1.07 bits per heavy atom. The van der Waals surface area contributed by atoms with E-state index in [4.69, 9.17) is 20.5 Å². The smallest absolute Gasteiger partial charge is 0.330 e. The van der Waals surface area contributed by atoms with Gasteiger partial charge in [-0.2, -0.15) is 0 Å². The summed E-state index contributed by atoms with van der Waals surface area (Å²) in [6.07, 6.45) is 0. The molecule has 0 fully saturated rings. The lowest BCUT2D eigenvalue weighted by molar-refractivity contribution is 0.187. The van der Waals surface area contributed by atoms with E-state index in [0.29, 0.717) is 26.3 Å². The van der Waals surface area contributed by atoms with Crippen LogP contribution in [0.5, 0.6) is 0 Å². The second kappa shape index (κ2) is 8.26. The summed E-state index contributed by atoms with van der Waals surface area (Å²) in [6.45, 7) is 5.60. The average Bonchev–Trinajstić information content (AvgIpc) is 2.22. The van der Waals surface area contributed by atoms with Crippen molar-refractivity contribution in [3.05, 3.63) is 0 Å². The topological polar surface area (TPSA) is 87.6 Å². The molecule has 84 valence electrons. The molecule has 0 saturated carbocycles. The van der Waals surface area contributed by atoms with Crippen LogP contribution in [-0.2, 0) is 13.6 Å². The molecule has 0 aliphatic carbocycles. The molecule has 0 aromatic heterocycles. The van der Waals surface area contributed by atoms with Crippen molar-refractivity contribution in [2.24, 2.45) is 23.3 Å². The minimum Gasteiger partial charge on any atom is -0.330 e. The molecule has 0 aliphatic rings. The molecule has 0 bridgehead atoms. The van der Waals surface area contributed by atoms with Gasteiger partial charge in [0, 0.05) is 4.57 Å². The van der Waals surface area contributed by atoms with Gasteiger partial charge in [0.05, 0.1) is 0 Å². The molecule has 0 aliphatic heterocycles. The highest BCUT2D eigenvalue weighted by atomic mass is 31.1. The van der Waals surface area contributed by atoms with E-state index in [1.807, 2.05) is 13.8 Å². The monoisotopic (exact) mass is 223 g/mol. The number of rotatable bonds is 8. The first kappa shape index (κ1) is 13.9. The molecule has 0 rings (SSSR count). The molecular formula is C8H20N2O3P+. The van der Waals surface area contributed by atoms with E-state index in [1.165, 1.54) is 0 Å². The van der Waals surface area contributed by atoms with Crippen LogP contribution in [0.15, 0.2) is 0 Å². The predicted molar refractivity (Wildman–Crippen MR) is 55.9 cm³/mol. The van der Waals surface area contributed by atoms with Gasteiger partial charge in [0.25, 0.3) is 0 Å². The standard InChI is InChI=1S/C8H20N2O3P/c1-7(3-9)5-12-14(11)13-6-8(2)4-10/h7-8H,3-6,9-10H2,1-2H3/q+1. The lowest BCUT2D eigenvalue weighted by atomic mass is 10.2. The normalized spacial score (nSPS) is 16.4. The van der Waals surface area contributed by atoms with Crippen LogP contribution in [0, 0.1) is 11.8 Å². The minimum absolute atomic E-state index is 0.199. The first-order valence-corrected chi connectivity index (χ1v) is 5.82. The van der Waals surface area contributed by atoms with Crippen LogP contribution in [0.3, 0.4) is 0 Å². The Kier molecular flexibility index (Phi) is 8.23. The van der Waals surface area contributed by atoms with Crippen molar-refractivity contribution in [3.63, 3.8) is 0 Å². The van der Waals surface area contributed by atoms with Gasteiger partial charge in [-0.05, 0) is 24.9 Å². The summed E-state index contributed by atoms with van der Waals surface area (Å²) in [5.74, 6) is 0.397. The van der Waals surface area contributed by atoms with Crippen LogP contribution in [-0.4, -0.2) is 26.3 Å². The summed E-state index contributed by atoms with van der Waals surface area (Å²) in [5, 5.41) is 0. The molecular weight excluding hydrogens is 203 g/mol. The fourth-order valence-electron chi connectivity index (χ4n) is 0.550. The highest BCUT2D eigenvalue weighted by Gasteiger charge is 2.22. The summed E-state index contributed by atoms with van der Waals surface area (Å²) in [7, 11) is -2.02. The molecule has 5 nitrogen and oxygen atoms in total. The molecule has 4 N–H and O–H groups in total. The molecule has 0 aromatic rings. The average molecular weight is 223 g/mol. The third-order valence-corrected chi connectivity index (χ3v) is 2.45. The van der Waals surface area contributed by atoms with Crippen molar-refractivity contribution in [1.82, 2.24) is 0 Å². The second-order valence-electron chi connectivity index (χ2n) is 3.50. The molecule has 0 saturated heterocycles. The zero-order valence-corrected chi connectivity index (χ0v) is 9.70. The lowest BCUT2D eigenvalue weighted by Crippen LogP contribution is -2.16. The molecule has 0 aromatic carbocycles. The Labute approximate surface area is 86.1 Å². The maximum absolute atomic E-state index is 11.1. The number of hydrogen-bond donors (Lipinski definition) is 2. The minimum atomic E-state index is -2.02. The highest BCUT2D eigenvalue weighted by molar-refractivity contribution is 7.33. The van der Waals surface area contributed by atoms with Gasteiger partial charge in [0.2, 0.25) is 0 Å². The van der Waals surface area contributed by atoms with E-state index in [1.54, 1.807) is 0 Å². The fraction of sp³-hybridized carbons (Fsp3) is 1.00. The van der Waals surface area contributed by atoms with Crippen LogP contribution < -0.4 is 11.5 Å². The van der Waals surface area contributed by atoms with Crippen LogP contribution in [0.4, 0.5) is 0 Å². The van der Waals surface area contributed by atoms with Gasteiger partial charge in [-0.15, -0.1) is 9.05 Å². The fourth-order valence-corrected chi connectivity index (χ4v) is 1.38. The molecule has 6 heteroatoms. The van der Waals surface area contributed by atoms with Gasteiger partial charge in [-0.3, -0.25) is 0 Å². The van der Waals surface area contributed by atoms with Gasteiger partial charge in [0.15, 0.2) is 0 Å². The van der Waals surface area contributed by atoms with Crippen molar-refractivity contribution >= 4 is 8.25 Å². The van der Waals surface area contributed by atoms with Crippen molar-refractivity contribution in [2.75, 3.05) is 26.3 Å². The third-order valence-electron chi connectivity index (χ3n) is 1.73. The van der Waals surface area contributed by atoms with Gasteiger partial charge in [-0.25, -0.2) is 0 Å². The molecule has 0 spiro atoms. The van der Waals surface area contributed by atoms with E-state index in [9.17, 15) is 4.57 Å². The lowest BCUT2D eigenvalue weighted by Gasteiger charge is -2.02. The third kappa shape index (κ3) is 7.35. The highest BCUT2D eigenvalue weighted by Crippen LogP contribution is 2.25. The van der Waals surface area contributed by atoms with Gasteiger partial charge in [0.1, 0.15) is 13.2 Å². The van der Waals surface area contributed by atoms with E-state index in [2.05, 4.69) is 0 Å². The van der Waals surface area contributed by atoms with Crippen LogP contribution in [0.25, 0.3) is 0 Å². The molecule has 0 heterocycles. The summed E-state index contributed by atoms with van der Waals surface area (Å²) in [5.41, 5.74) is 10.7. The molecule has 0 amide bonds. The molecule has 14 heavy (non-hydrogen) atoms. The Balaban J connectivity index is 3.46. The van der Waals surface area contributed by atoms with Crippen LogP contribution in [0.2, 0.25) is 0 Å². The number of hydrogen-bond acceptors (Lipinski definition) is 5. The number of nitrogens with two attached hydrogens (primary N) is 2. The summed E-state index contributed by atoms with van der Waals surface area (Å²) < 4.78 is 21.0. The zero-order valence-electron chi connectivity index (χ0n) is 8.81. The van der Waals surface area contributed by atoms with E-state index < -0.39 is 8.25 Å². The predicted octanol–water partition coefficient (Wildman–Crippen LogP) is 0.867. The van der Waals surface area contributed by atoms with Crippen molar-refractivity contribution in [2.45, 2.75) is 13.8 Å². The van der Waals surface area contributed by atoms with Crippen LogP contribution in [0.1, 0.15) is 13.8 Å². The van der Waals surface area contributed by atoms with Crippen molar-refractivity contribution in [3.8, 4) is 0 Å². The second-order valence-corrected chi connectivity index (χ2v) is 4.46. The summed E-state index contributed by atoms with van der Waals surface area (Å²) in [4.78, 5) is 0. The largest absolute Gasteiger partial charge is 0.697 e. The van der Waals surface area contributed by atoms with E-state index in [0.717, 1.165) is 0 Å². The first-order chi connectivity index (χ1) is 6.60. The molecule has 2 atom stereocenters. The maximum Gasteiger partial charge on any atom is 0.697 e. The Hall–Kier alpha value is -0.0600. The summed E-state index contributed by atoms with van der Waals surface area (Å²) >= 11 is 0. The quantitative estimate of drug-likeness (QED) is 0.596. The first-order valence-electron chi connectivity index (χ1n) is 4.73. The summed E-state index contributed by atoms with van der Waals surface area (Å²) in [6, 6.07) is 0. The van der Waals surface area contributed by atoms with Crippen molar-refractivity contribution < 1.29 is 13.6 Å². The van der Waals surface area contributed by atoms with Gasteiger partial charge < -0.3 is 11.5 Å². The maximum atomic E-state index is 11.1. The van der Waals surface area contributed by atoms with Crippen LogP contribution >= 0.6 is 8.25 Å². The zero-order chi connectivity index (χ0) is 11.0. The molecule has 0 radical (unpaired) electrons. The van der Waals surface area contributed by atoms with Gasteiger partial charge >= 0.3 is 8.25 Å². The van der Waals surface area contributed by atoms with Gasteiger partial charge in [-0.1, -0.05) is 13.8 Å². The molecule has 2 unspecified atom stereocenters.